The van der Waals surface area contributed by atoms with Crippen LogP contribution in [0, 0.1) is 0 Å². The van der Waals surface area contributed by atoms with E-state index < -0.39 is 0 Å². The molecule has 0 fully saturated rings. The predicted molar refractivity (Wildman–Crippen MR) is 73.8 cm³/mol. The molecule has 0 saturated heterocycles. The summed E-state index contributed by atoms with van der Waals surface area (Å²) in [4.78, 5) is 2.66. The third kappa shape index (κ3) is 10.4. The molecule has 2 nitrogen and oxygen atoms in total. The summed E-state index contributed by atoms with van der Waals surface area (Å²) in [5.41, 5.74) is 0. The first-order valence-electron chi connectivity index (χ1n) is 7.02. The van der Waals surface area contributed by atoms with Gasteiger partial charge in [-0.15, -0.1) is 0 Å². The summed E-state index contributed by atoms with van der Waals surface area (Å²) >= 11 is 0. The van der Waals surface area contributed by atoms with Gasteiger partial charge in [0.1, 0.15) is 0 Å². The first-order chi connectivity index (χ1) is 7.49. The summed E-state index contributed by atoms with van der Waals surface area (Å²) in [6, 6.07) is 0. The lowest BCUT2D eigenvalue weighted by molar-refractivity contribution is -0.870. The maximum Gasteiger partial charge on any atom is 0.0792 e. The molecule has 0 aromatic rings. The van der Waals surface area contributed by atoms with Crippen LogP contribution in [0.2, 0.25) is 0 Å². The molecule has 0 bridgehead atoms. The molecule has 0 heterocycles. The number of hydrogen-bond donors (Lipinski definition) is 0. The molecular formula is C14H33N2+. The van der Waals surface area contributed by atoms with Crippen LogP contribution in [-0.4, -0.2) is 56.7 Å². The van der Waals surface area contributed by atoms with Gasteiger partial charge >= 0.3 is 0 Å². The highest BCUT2D eigenvalue weighted by Gasteiger charge is 2.09. The van der Waals surface area contributed by atoms with E-state index in [2.05, 4.69) is 39.9 Å². The van der Waals surface area contributed by atoms with Crippen LogP contribution in [-0.2, 0) is 0 Å². The second kappa shape index (κ2) is 9.00. The SMILES string of the molecule is CCCCN(CCCC)CCC[N+](C)(C)C. The zero-order valence-corrected chi connectivity index (χ0v) is 12.3. The van der Waals surface area contributed by atoms with Crippen molar-refractivity contribution in [3.8, 4) is 0 Å². The van der Waals surface area contributed by atoms with Gasteiger partial charge in [0.15, 0.2) is 0 Å². The van der Waals surface area contributed by atoms with Crippen molar-refractivity contribution in [3.63, 3.8) is 0 Å². The summed E-state index contributed by atoms with van der Waals surface area (Å²) in [7, 11) is 6.84. The van der Waals surface area contributed by atoms with Gasteiger partial charge in [0, 0.05) is 13.0 Å². The lowest BCUT2D eigenvalue weighted by Gasteiger charge is -2.27. The van der Waals surface area contributed by atoms with Crippen LogP contribution in [0.4, 0.5) is 0 Å². The third-order valence-electron chi connectivity index (χ3n) is 2.96. The molecule has 0 atom stereocenters. The fourth-order valence-corrected chi connectivity index (χ4v) is 1.87. The molecule has 98 valence electrons. The van der Waals surface area contributed by atoms with Crippen LogP contribution in [0.1, 0.15) is 46.0 Å². The molecule has 0 unspecified atom stereocenters. The fourth-order valence-electron chi connectivity index (χ4n) is 1.87. The first-order valence-corrected chi connectivity index (χ1v) is 7.02. The summed E-state index contributed by atoms with van der Waals surface area (Å²) in [6.07, 6.45) is 6.68. The number of rotatable bonds is 10. The second-order valence-electron chi connectivity index (χ2n) is 5.92. The minimum absolute atomic E-state index is 1.09. The first kappa shape index (κ1) is 15.9. The molecule has 0 N–H and O–H groups in total. The smallest absolute Gasteiger partial charge is 0.0792 e. The number of unbranched alkanes of at least 4 members (excludes halogenated alkanes) is 2. The highest BCUT2D eigenvalue weighted by atomic mass is 15.3. The zero-order valence-electron chi connectivity index (χ0n) is 12.3. The van der Waals surface area contributed by atoms with Crippen molar-refractivity contribution < 1.29 is 4.48 Å². The summed E-state index contributed by atoms with van der Waals surface area (Å²) < 4.78 is 1.09. The van der Waals surface area contributed by atoms with Gasteiger partial charge in [0.05, 0.1) is 27.7 Å². The van der Waals surface area contributed by atoms with E-state index in [1.165, 1.54) is 58.3 Å². The molecule has 0 saturated carbocycles. The van der Waals surface area contributed by atoms with Crippen molar-refractivity contribution in [1.29, 1.82) is 0 Å². The van der Waals surface area contributed by atoms with Crippen LogP contribution >= 0.6 is 0 Å². The van der Waals surface area contributed by atoms with Crippen molar-refractivity contribution in [2.24, 2.45) is 0 Å². The number of quaternary nitrogens is 1. The van der Waals surface area contributed by atoms with E-state index in [1.54, 1.807) is 0 Å². The van der Waals surface area contributed by atoms with E-state index in [9.17, 15) is 0 Å². The van der Waals surface area contributed by atoms with Gasteiger partial charge in [-0.05, 0) is 25.9 Å². The average Bonchev–Trinajstić information content (AvgIpc) is 2.19. The number of hydrogen-bond acceptors (Lipinski definition) is 1. The molecule has 0 aliphatic carbocycles. The summed E-state index contributed by atoms with van der Waals surface area (Å²) in [6.45, 7) is 9.74. The zero-order chi connectivity index (χ0) is 12.4. The topological polar surface area (TPSA) is 3.24 Å². The van der Waals surface area contributed by atoms with Gasteiger partial charge < -0.3 is 9.38 Å². The normalized spacial score (nSPS) is 12.4. The molecule has 0 aromatic heterocycles. The second-order valence-corrected chi connectivity index (χ2v) is 5.92. The Hall–Kier alpha value is -0.0800. The minimum Gasteiger partial charge on any atom is -0.331 e. The van der Waals surface area contributed by atoms with Crippen LogP contribution in [0.25, 0.3) is 0 Å². The van der Waals surface area contributed by atoms with Gasteiger partial charge in [-0.1, -0.05) is 26.7 Å². The number of nitrogens with zero attached hydrogens (tertiary/aromatic N) is 2. The average molecular weight is 229 g/mol. The fraction of sp³-hybridized carbons (Fsp3) is 1.00. The quantitative estimate of drug-likeness (QED) is 0.521. The van der Waals surface area contributed by atoms with E-state index in [4.69, 9.17) is 0 Å². The Morgan fingerprint density at radius 3 is 1.56 bits per heavy atom. The minimum atomic E-state index is 1.09. The van der Waals surface area contributed by atoms with Crippen LogP contribution < -0.4 is 0 Å². The Labute approximate surface area is 103 Å². The molecule has 0 aliphatic heterocycles. The summed E-state index contributed by atoms with van der Waals surface area (Å²) in [5, 5.41) is 0. The molecule has 0 amide bonds. The Morgan fingerprint density at radius 2 is 1.19 bits per heavy atom. The predicted octanol–water partition coefficient (Wildman–Crippen LogP) is 2.98. The van der Waals surface area contributed by atoms with E-state index in [-0.39, 0.29) is 0 Å². The van der Waals surface area contributed by atoms with Crippen molar-refractivity contribution in [3.05, 3.63) is 0 Å². The van der Waals surface area contributed by atoms with E-state index >= 15 is 0 Å². The molecule has 0 rings (SSSR count). The van der Waals surface area contributed by atoms with Crippen LogP contribution in [0.15, 0.2) is 0 Å². The highest BCUT2D eigenvalue weighted by Crippen LogP contribution is 2.02. The molecule has 0 spiro atoms. The van der Waals surface area contributed by atoms with E-state index in [0.29, 0.717) is 0 Å². The maximum absolute atomic E-state index is 2.66. The Bertz CT molecular complexity index is 141. The largest absolute Gasteiger partial charge is 0.331 e. The maximum atomic E-state index is 2.66. The Balaban J connectivity index is 3.72. The Kier molecular flexibility index (Phi) is 8.96. The van der Waals surface area contributed by atoms with E-state index in [1.807, 2.05) is 0 Å². The van der Waals surface area contributed by atoms with Crippen molar-refractivity contribution in [2.45, 2.75) is 46.0 Å². The van der Waals surface area contributed by atoms with Gasteiger partial charge in [-0.3, -0.25) is 0 Å². The van der Waals surface area contributed by atoms with Crippen molar-refractivity contribution in [1.82, 2.24) is 4.90 Å². The summed E-state index contributed by atoms with van der Waals surface area (Å²) in [5.74, 6) is 0. The van der Waals surface area contributed by atoms with Crippen molar-refractivity contribution >= 4 is 0 Å². The standard InChI is InChI=1S/C14H33N2/c1-6-8-11-15(12-9-7-2)13-10-14-16(3,4)5/h6-14H2,1-5H3/q+1. The molecule has 0 radical (unpaired) electrons. The lowest BCUT2D eigenvalue weighted by Crippen LogP contribution is -2.37. The van der Waals surface area contributed by atoms with Gasteiger partial charge in [0.2, 0.25) is 0 Å². The van der Waals surface area contributed by atoms with Crippen LogP contribution in [0.3, 0.4) is 0 Å². The highest BCUT2D eigenvalue weighted by molar-refractivity contribution is 4.57. The Morgan fingerprint density at radius 1 is 0.750 bits per heavy atom. The molecule has 16 heavy (non-hydrogen) atoms. The van der Waals surface area contributed by atoms with Crippen molar-refractivity contribution in [2.75, 3.05) is 47.3 Å². The van der Waals surface area contributed by atoms with Gasteiger partial charge in [0.25, 0.3) is 0 Å². The monoisotopic (exact) mass is 229 g/mol. The van der Waals surface area contributed by atoms with Gasteiger partial charge in [-0.2, -0.15) is 0 Å². The molecule has 2 heteroatoms. The molecule has 0 aliphatic rings. The molecular weight excluding hydrogens is 196 g/mol. The van der Waals surface area contributed by atoms with Gasteiger partial charge in [-0.25, -0.2) is 0 Å². The third-order valence-corrected chi connectivity index (χ3v) is 2.96. The molecule has 0 aromatic carbocycles. The van der Waals surface area contributed by atoms with E-state index in [0.717, 1.165) is 4.48 Å². The lowest BCUT2D eigenvalue weighted by atomic mass is 10.2. The van der Waals surface area contributed by atoms with Crippen LogP contribution in [0.5, 0.6) is 0 Å².